The predicted octanol–water partition coefficient (Wildman–Crippen LogP) is 5.63. The van der Waals surface area contributed by atoms with Crippen molar-refractivity contribution in [3.8, 4) is 11.5 Å². The van der Waals surface area contributed by atoms with Crippen LogP contribution in [0.4, 0.5) is 0 Å². The van der Waals surface area contributed by atoms with Crippen LogP contribution in [0.25, 0.3) is 0 Å². The Labute approximate surface area is 162 Å². The molecule has 2 rings (SSSR count). The zero-order valence-electron chi connectivity index (χ0n) is 14.9. The molecule has 0 saturated heterocycles. The van der Waals surface area contributed by atoms with Gasteiger partial charge in [0.1, 0.15) is 6.61 Å². The van der Waals surface area contributed by atoms with Crippen molar-refractivity contribution in [1.82, 2.24) is 5.32 Å². The molecular weight excluding hydrogens is 357 g/mol. The monoisotopic (exact) mass is 383 g/mol. The summed E-state index contributed by atoms with van der Waals surface area (Å²) in [7, 11) is 1.67. The normalized spacial score (nSPS) is 10.2. The van der Waals surface area contributed by atoms with Gasteiger partial charge in [-0.25, -0.2) is 0 Å². The lowest BCUT2D eigenvalue weighted by Gasteiger charge is -2.13. The first-order chi connectivity index (χ1) is 11.7. The van der Waals surface area contributed by atoms with Gasteiger partial charge in [0.25, 0.3) is 0 Å². The number of unbranched alkanes of at least 4 members (excludes halogenated alkanes) is 2. The summed E-state index contributed by atoms with van der Waals surface area (Å²) in [5.74, 6) is 1.50. The Morgan fingerprint density at radius 2 is 1.84 bits per heavy atom. The minimum absolute atomic E-state index is 0. The molecule has 0 heterocycles. The second-order valence-electron chi connectivity index (χ2n) is 5.79. The van der Waals surface area contributed by atoms with Crippen LogP contribution in [0.5, 0.6) is 11.5 Å². The van der Waals surface area contributed by atoms with E-state index in [4.69, 9.17) is 21.1 Å². The zero-order valence-corrected chi connectivity index (χ0v) is 16.5. The summed E-state index contributed by atoms with van der Waals surface area (Å²) in [5, 5.41) is 4.18. The van der Waals surface area contributed by atoms with Crippen molar-refractivity contribution in [1.29, 1.82) is 0 Å². The molecule has 0 bridgehead atoms. The molecule has 0 spiro atoms. The van der Waals surface area contributed by atoms with Gasteiger partial charge in [0.05, 0.1) is 7.11 Å². The standard InChI is InChI=1S/C20H26ClNO2.ClH/c1-3-4-5-11-22-14-16-9-10-19(20(13-16)23-2)24-15-17-7-6-8-18(21)12-17;/h6-10,12-13,22H,3-5,11,14-15H2,1-2H3;1H. The number of benzene rings is 2. The Balaban J connectivity index is 0.00000312. The third-order valence-corrected chi connectivity index (χ3v) is 4.03. The highest BCUT2D eigenvalue weighted by molar-refractivity contribution is 6.30. The SMILES string of the molecule is CCCCCNCc1ccc(OCc2cccc(Cl)c2)c(OC)c1.Cl. The smallest absolute Gasteiger partial charge is 0.161 e. The molecule has 138 valence electrons. The van der Waals surface area contributed by atoms with E-state index >= 15 is 0 Å². The lowest BCUT2D eigenvalue weighted by Crippen LogP contribution is -2.14. The van der Waals surface area contributed by atoms with Crippen LogP contribution in [0.2, 0.25) is 5.02 Å². The number of ether oxygens (including phenoxy) is 2. The molecule has 3 nitrogen and oxygen atoms in total. The number of methoxy groups -OCH3 is 1. The molecule has 2 aromatic carbocycles. The molecule has 0 amide bonds. The second-order valence-corrected chi connectivity index (χ2v) is 6.22. The van der Waals surface area contributed by atoms with Crippen molar-refractivity contribution in [3.63, 3.8) is 0 Å². The Morgan fingerprint density at radius 3 is 2.56 bits per heavy atom. The lowest BCUT2D eigenvalue weighted by atomic mass is 10.2. The maximum atomic E-state index is 6.00. The highest BCUT2D eigenvalue weighted by Crippen LogP contribution is 2.29. The first kappa shape index (κ1) is 21.6. The average Bonchev–Trinajstić information content (AvgIpc) is 2.60. The van der Waals surface area contributed by atoms with E-state index in [-0.39, 0.29) is 12.4 Å². The number of halogens is 2. The molecule has 0 radical (unpaired) electrons. The fourth-order valence-corrected chi connectivity index (χ4v) is 2.67. The van der Waals surface area contributed by atoms with Crippen molar-refractivity contribution in [2.45, 2.75) is 39.3 Å². The van der Waals surface area contributed by atoms with Crippen molar-refractivity contribution >= 4 is 24.0 Å². The van der Waals surface area contributed by atoms with Gasteiger partial charge in [-0.3, -0.25) is 0 Å². The molecule has 1 N–H and O–H groups in total. The van der Waals surface area contributed by atoms with E-state index in [0.29, 0.717) is 11.6 Å². The highest BCUT2D eigenvalue weighted by Gasteiger charge is 2.06. The van der Waals surface area contributed by atoms with Gasteiger partial charge in [-0.05, 0) is 48.4 Å². The van der Waals surface area contributed by atoms with Crippen molar-refractivity contribution in [2.24, 2.45) is 0 Å². The Morgan fingerprint density at radius 1 is 1.00 bits per heavy atom. The largest absolute Gasteiger partial charge is 0.493 e. The molecule has 5 heteroatoms. The van der Waals surface area contributed by atoms with Crippen LogP contribution >= 0.6 is 24.0 Å². The van der Waals surface area contributed by atoms with E-state index < -0.39 is 0 Å². The van der Waals surface area contributed by atoms with E-state index in [1.54, 1.807) is 7.11 Å². The van der Waals surface area contributed by atoms with E-state index in [0.717, 1.165) is 30.2 Å². The van der Waals surface area contributed by atoms with Crippen molar-refractivity contribution in [3.05, 3.63) is 58.6 Å². The van der Waals surface area contributed by atoms with Crippen LogP contribution < -0.4 is 14.8 Å². The van der Waals surface area contributed by atoms with Gasteiger partial charge < -0.3 is 14.8 Å². The van der Waals surface area contributed by atoms with Gasteiger partial charge in [0.15, 0.2) is 11.5 Å². The van der Waals surface area contributed by atoms with Gasteiger partial charge in [-0.2, -0.15) is 0 Å². The van der Waals surface area contributed by atoms with Crippen LogP contribution in [0.15, 0.2) is 42.5 Å². The summed E-state index contributed by atoms with van der Waals surface area (Å²) in [4.78, 5) is 0. The summed E-state index contributed by atoms with van der Waals surface area (Å²) in [6.07, 6.45) is 3.73. The van der Waals surface area contributed by atoms with E-state index in [1.807, 2.05) is 36.4 Å². The molecule has 0 unspecified atom stereocenters. The number of hydrogen-bond donors (Lipinski definition) is 1. The summed E-state index contributed by atoms with van der Waals surface area (Å²) in [6.45, 7) is 4.57. The number of hydrogen-bond acceptors (Lipinski definition) is 3. The molecule has 0 aromatic heterocycles. The van der Waals surface area contributed by atoms with Crippen LogP contribution in [-0.4, -0.2) is 13.7 Å². The summed E-state index contributed by atoms with van der Waals surface area (Å²) in [5.41, 5.74) is 2.23. The number of rotatable bonds is 10. The first-order valence-corrected chi connectivity index (χ1v) is 8.85. The quantitative estimate of drug-likeness (QED) is 0.539. The molecule has 0 aliphatic carbocycles. The van der Waals surface area contributed by atoms with E-state index in [1.165, 1.54) is 24.8 Å². The van der Waals surface area contributed by atoms with Crippen molar-refractivity contribution in [2.75, 3.05) is 13.7 Å². The van der Waals surface area contributed by atoms with Crippen LogP contribution in [0.3, 0.4) is 0 Å². The third kappa shape index (κ3) is 7.55. The van der Waals surface area contributed by atoms with Gasteiger partial charge in [-0.15, -0.1) is 12.4 Å². The molecular formula is C20H27Cl2NO2. The van der Waals surface area contributed by atoms with Crippen LogP contribution in [-0.2, 0) is 13.2 Å². The fourth-order valence-electron chi connectivity index (χ4n) is 2.46. The molecule has 0 saturated carbocycles. The van der Waals surface area contributed by atoms with Gasteiger partial charge >= 0.3 is 0 Å². The van der Waals surface area contributed by atoms with Gasteiger partial charge in [0.2, 0.25) is 0 Å². The van der Waals surface area contributed by atoms with Crippen molar-refractivity contribution < 1.29 is 9.47 Å². The maximum absolute atomic E-state index is 6.00. The maximum Gasteiger partial charge on any atom is 0.161 e. The topological polar surface area (TPSA) is 30.5 Å². The predicted molar refractivity (Wildman–Crippen MR) is 107 cm³/mol. The molecule has 0 aliphatic rings. The Hall–Kier alpha value is -1.42. The van der Waals surface area contributed by atoms with Crippen LogP contribution in [0, 0.1) is 0 Å². The average molecular weight is 384 g/mol. The minimum atomic E-state index is 0. The summed E-state index contributed by atoms with van der Waals surface area (Å²) < 4.78 is 11.3. The first-order valence-electron chi connectivity index (χ1n) is 8.47. The second kappa shape index (κ2) is 12.0. The molecule has 25 heavy (non-hydrogen) atoms. The van der Waals surface area contributed by atoms with E-state index in [9.17, 15) is 0 Å². The van der Waals surface area contributed by atoms with Gasteiger partial charge in [0, 0.05) is 11.6 Å². The van der Waals surface area contributed by atoms with Gasteiger partial charge in [-0.1, -0.05) is 49.6 Å². The van der Waals surface area contributed by atoms with Crippen LogP contribution in [0.1, 0.15) is 37.3 Å². The highest BCUT2D eigenvalue weighted by atomic mass is 35.5. The zero-order chi connectivity index (χ0) is 17.2. The molecule has 0 atom stereocenters. The fraction of sp³-hybridized carbons (Fsp3) is 0.400. The molecule has 0 fully saturated rings. The third-order valence-electron chi connectivity index (χ3n) is 3.80. The number of nitrogens with one attached hydrogen (secondary N) is 1. The Bertz CT molecular complexity index is 635. The summed E-state index contributed by atoms with van der Waals surface area (Å²) in [6, 6.07) is 13.7. The Kier molecular flexibility index (Phi) is 10.4. The summed E-state index contributed by atoms with van der Waals surface area (Å²) >= 11 is 6.00. The van der Waals surface area contributed by atoms with E-state index in [2.05, 4.69) is 18.3 Å². The lowest BCUT2D eigenvalue weighted by molar-refractivity contribution is 0.284. The minimum Gasteiger partial charge on any atom is -0.493 e. The molecule has 2 aromatic rings. The molecule has 0 aliphatic heterocycles.